The van der Waals surface area contributed by atoms with Crippen LogP contribution in [0.1, 0.15) is 19.4 Å². The van der Waals surface area contributed by atoms with Gasteiger partial charge in [-0.1, -0.05) is 26.0 Å². The first kappa shape index (κ1) is 15.9. The lowest BCUT2D eigenvalue weighted by molar-refractivity contribution is -0.140. The Morgan fingerprint density at radius 2 is 2.05 bits per heavy atom. The van der Waals surface area contributed by atoms with Crippen LogP contribution >= 0.6 is 0 Å². The number of benzene rings is 1. The minimum atomic E-state index is -1.08. The number of nitrogens with zero attached hydrogens (tertiary/aromatic N) is 1. The van der Waals surface area contributed by atoms with Crippen molar-refractivity contribution in [2.75, 3.05) is 7.05 Å². The molecule has 110 valence electrons. The van der Waals surface area contributed by atoms with Crippen LogP contribution in [0.4, 0.5) is 9.18 Å². The van der Waals surface area contributed by atoms with Gasteiger partial charge in [0, 0.05) is 13.6 Å². The van der Waals surface area contributed by atoms with E-state index in [0.29, 0.717) is 5.56 Å². The first-order valence-electron chi connectivity index (χ1n) is 6.30. The summed E-state index contributed by atoms with van der Waals surface area (Å²) in [6.07, 6.45) is 0. The number of nitrogens with one attached hydrogen (secondary N) is 1. The van der Waals surface area contributed by atoms with Crippen LogP contribution in [0.25, 0.3) is 0 Å². The van der Waals surface area contributed by atoms with Crippen LogP contribution in [0.15, 0.2) is 24.3 Å². The highest BCUT2D eigenvalue weighted by Crippen LogP contribution is 2.07. The maximum atomic E-state index is 13.0. The Bertz CT molecular complexity index is 491. The minimum Gasteiger partial charge on any atom is -0.480 e. The third-order valence-corrected chi connectivity index (χ3v) is 2.87. The lowest BCUT2D eigenvalue weighted by Crippen LogP contribution is -2.48. The summed E-state index contributed by atoms with van der Waals surface area (Å²) in [7, 11) is 1.53. The molecule has 0 aliphatic carbocycles. The van der Waals surface area contributed by atoms with Gasteiger partial charge >= 0.3 is 12.0 Å². The number of urea groups is 1. The third kappa shape index (κ3) is 4.53. The van der Waals surface area contributed by atoms with Crippen molar-refractivity contribution >= 4 is 12.0 Å². The molecule has 0 saturated heterocycles. The topological polar surface area (TPSA) is 69.6 Å². The van der Waals surface area contributed by atoms with Gasteiger partial charge < -0.3 is 15.3 Å². The molecule has 0 radical (unpaired) electrons. The lowest BCUT2D eigenvalue weighted by atomic mass is 10.1. The van der Waals surface area contributed by atoms with Gasteiger partial charge in [0.1, 0.15) is 11.9 Å². The number of carboxylic acid groups (broad SMARTS) is 1. The van der Waals surface area contributed by atoms with Crippen LogP contribution in [-0.2, 0) is 11.3 Å². The van der Waals surface area contributed by atoms with Crippen molar-refractivity contribution in [2.24, 2.45) is 5.92 Å². The number of aliphatic carboxylic acids is 1. The second-order valence-electron chi connectivity index (χ2n) is 5.00. The maximum absolute atomic E-state index is 13.0. The minimum absolute atomic E-state index is 0.202. The second kappa shape index (κ2) is 6.88. The fourth-order valence-electron chi connectivity index (χ4n) is 1.74. The molecule has 0 saturated carbocycles. The van der Waals surface area contributed by atoms with Gasteiger partial charge in [0.05, 0.1) is 0 Å². The number of halogens is 1. The normalized spacial score (nSPS) is 12.1. The molecule has 0 unspecified atom stereocenters. The first-order chi connectivity index (χ1) is 9.31. The molecule has 1 rings (SSSR count). The van der Waals surface area contributed by atoms with E-state index >= 15 is 0 Å². The van der Waals surface area contributed by atoms with Gasteiger partial charge in [-0.25, -0.2) is 14.0 Å². The van der Waals surface area contributed by atoms with Crippen molar-refractivity contribution in [1.29, 1.82) is 0 Å². The van der Waals surface area contributed by atoms with Gasteiger partial charge in [0.25, 0.3) is 0 Å². The Morgan fingerprint density at radius 1 is 1.40 bits per heavy atom. The smallest absolute Gasteiger partial charge is 0.326 e. The SMILES string of the molecule is CC(C)[C@@H](NC(=O)N(C)Cc1cccc(F)c1)C(=O)O. The Hall–Kier alpha value is -2.11. The highest BCUT2D eigenvalue weighted by atomic mass is 19.1. The van der Waals surface area contributed by atoms with E-state index < -0.39 is 18.0 Å². The third-order valence-electron chi connectivity index (χ3n) is 2.87. The molecule has 0 spiro atoms. The molecule has 0 heterocycles. The number of rotatable bonds is 5. The van der Waals surface area contributed by atoms with Crippen LogP contribution in [0, 0.1) is 11.7 Å². The molecule has 20 heavy (non-hydrogen) atoms. The Morgan fingerprint density at radius 3 is 2.55 bits per heavy atom. The number of carbonyl (C=O) groups excluding carboxylic acids is 1. The first-order valence-corrected chi connectivity index (χ1v) is 6.30. The number of amides is 2. The summed E-state index contributed by atoms with van der Waals surface area (Å²) in [6.45, 7) is 3.63. The average Bonchev–Trinajstić information content (AvgIpc) is 2.34. The summed E-state index contributed by atoms with van der Waals surface area (Å²) in [5.74, 6) is -1.67. The molecule has 0 aliphatic heterocycles. The van der Waals surface area contributed by atoms with Gasteiger partial charge in [-0.15, -0.1) is 0 Å². The molecule has 1 aromatic carbocycles. The van der Waals surface area contributed by atoms with Crippen LogP contribution in [-0.4, -0.2) is 35.1 Å². The van der Waals surface area contributed by atoms with Crippen LogP contribution in [0.3, 0.4) is 0 Å². The van der Waals surface area contributed by atoms with Gasteiger partial charge in [-0.2, -0.15) is 0 Å². The van der Waals surface area contributed by atoms with E-state index in [2.05, 4.69) is 5.32 Å². The monoisotopic (exact) mass is 282 g/mol. The summed E-state index contributed by atoms with van der Waals surface area (Å²) in [4.78, 5) is 24.2. The molecule has 1 atom stereocenters. The predicted molar refractivity (Wildman–Crippen MR) is 72.7 cm³/mol. The van der Waals surface area contributed by atoms with Crippen molar-refractivity contribution < 1.29 is 19.1 Å². The van der Waals surface area contributed by atoms with E-state index in [4.69, 9.17) is 5.11 Å². The van der Waals surface area contributed by atoms with Gasteiger partial charge in [-0.05, 0) is 23.6 Å². The molecular formula is C14H19FN2O3. The fourth-order valence-corrected chi connectivity index (χ4v) is 1.74. The molecule has 2 amide bonds. The number of hydrogen-bond acceptors (Lipinski definition) is 2. The molecule has 5 nitrogen and oxygen atoms in total. The highest BCUT2D eigenvalue weighted by molar-refractivity contribution is 5.82. The Balaban J connectivity index is 2.65. The second-order valence-corrected chi connectivity index (χ2v) is 5.00. The van der Waals surface area contributed by atoms with E-state index in [0.717, 1.165) is 0 Å². The van der Waals surface area contributed by atoms with Crippen molar-refractivity contribution in [2.45, 2.75) is 26.4 Å². The summed E-state index contributed by atoms with van der Waals surface area (Å²) in [5, 5.41) is 11.5. The molecule has 0 aromatic heterocycles. The maximum Gasteiger partial charge on any atom is 0.326 e. The molecule has 0 fully saturated rings. The van der Waals surface area contributed by atoms with Crippen molar-refractivity contribution in [1.82, 2.24) is 10.2 Å². The Kier molecular flexibility index (Phi) is 5.49. The van der Waals surface area contributed by atoms with E-state index in [9.17, 15) is 14.0 Å². The largest absolute Gasteiger partial charge is 0.480 e. The zero-order valence-corrected chi connectivity index (χ0v) is 11.8. The zero-order chi connectivity index (χ0) is 15.3. The molecule has 2 N–H and O–H groups in total. The van der Waals surface area contributed by atoms with E-state index in [1.807, 2.05) is 0 Å². The Labute approximate surface area is 117 Å². The van der Waals surface area contributed by atoms with Crippen molar-refractivity contribution in [3.05, 3.63) is 35.6 Å². The van der Waals surface area contributed by atoms with E-state index in [1.54, 1.807) is 26.0 Å². The summed E-state index contributed by atoms with van der Waals surface area (Å²) < 4.78 is 13.0. The van der Waals surface area contributed by atoms with E-state index in [1.165, 1.54) is 24.1 Å². The van der Waals surface area contributed by atoms with E-state index in [-0.39, 0.29) is 18.3 Å². The fraction of sp³-hybridized carbons (Fsp3) is 0.429. The molecule has 1 aromatic rings. The van der Waals surface area contributed by atoms with Gasteiger partial charge in [0.2, 0.25) is 0 Å². The number of carbonyl (C=O) groups is 2. The summed E-state index contributed by atoms with van der Waals surface area (Å²) in [5.41, 5.74) is 0.638. The quantitative estimate of drug-likeness (QED) is 0.868. The summed E-state index contributed by atoms with van der Waals surface area (Å²) in [6, 6.07) is 4.46. The van der Waals surface area contributed by atoms with Gasteiger partial charge in [-0.3, -0.25) is 0 Å². The zero-order valence-electron chi connectivity index (χ0n) is 11.8. The molecule has 6 heteroatoms. The van der Waals surface area contributed by atoms with Crippen molar-refractivity contribution in [3.8, 4) is 0 Å². The summed E-state index contributed by atoms with van der Waals surface area (Å²) >= 11 is 0. The average molecular weight is 282 g/mol. The van der Waals surface area contributed by atoms with Crippen LogP contribution in [0.5, 0.6) is 0 Å². The lowest BCUT2D eigenvalue weighted by Gasteiger charge is -2.23. The van der Waals surface area contributed by atoms with Crippen LogP contribution in [0.2, 0.25) is 0 Å². The standard InChI is InChI=1S/C14H19FN2O3/c1-9(2)12(13(18)19)16-14(20)17(3)8-10-5-4-6-11(15)7-10/h4-7,9,12H,8H2,1-3H3,(H,16,20)(H,18,19)/t12-/m1/s1. The number of hydrogen-bond donors (Lipinski definition) is 2. The molecule has 0 bridgehead atoms. The van der Waals surface area contributed by atoms with Crippen LogP contribution < -0.4 is 5.32 Å². The number of carboxylic acids is 1. The van der Waals surface area contributed by atoms with Gasteiger partial charge in [0.15, 0.2) is 0 Å². The van der Waals surface area contributed by atoms with Crippen molar-refractivity contribution in [3.63, 3.8) is 0 Å². The highest BCUT2D eigenvalue weighted by Gasteiger charge is 2.24. The molecule has 0 aliphatic rings. The molecular weight excluding hydrogens is 263 g/mol. The predicted octanol–water partition coefficient (Wildman–Crippen LogP) is 2.08.